The Labute approximate surface area is 76.4 Å². The van der Waals surface area contributed by atoms with Gasteiger partial charge in [0.15, 0.2) is 10.4 Å². The number of hydrogen-bond donors (Lipinski definition) is 2. The number of alkyl halides is 1. The predicted octanol–water partition coefficient (Wildman–Crippen LogP) is 1.27. The molecule has 1 unspecified atom stereocenters. The van der Waals surface area contributed by atoms with Crippen molar-refractivity contribution in [1.82, 2.24) is 5.32 Å². The van der Waals surface area contributed by atoms with Crippen LogP contribution in [0.25, 0.3) is 0 Å². The molecule has 0 radical (unpaired) electrons. The quantitative estimate of drug-likeness (QED) is 0.498. The summed E-state index contributed by atoms with van der Waals surface area (Å²) < 4.78 is 0.547. The van der Waals surface area contributed by atoms with Crippen molar-refractivity contribution in [1.29, 1.82) is 0 Å². The first-order valence-electron chi connectivity index (χ1n) is 2.38. The van der Waals surface area contributed by atoms with Crippen molar-refractivity contribution in [3.8, 4) is 0 Å². The molecule has 0 aliphatic carbocycles. The van der Waals surface area contributed by atoms with Crippen LogP contribution in [0.3, 0.4) is 0 Å². The van der Waals surface area contributed by atoms with Crippen LogP contribution in [-0.2, 0) is 0 Å². The van der Waals surface area contributed by atoms with Crippen LogP contribution >= 0.6 is 39.1 Å². The maximum absolute atomic E-state index is 5.70. The minimum atomic E-state index is -1.15. The molecule has 6 heteroatoms. The highest BCUT2D eigenvalue weighted by Crippen LogP contribution is 2.24. The maximum atomic E-state index is 5.70. The van der Waals surface area contributed by atoms with E-state index in [1.807, 2.05) is 0 Å². The molecule has 1 heterocycles. The zero-order valence-electron chi connectivity index (χ0n) is 4.74. The minimum Gasteiger partial charge on any atom is -0.325 e. The second-order valence-corrected chi connectivity index (χ2v) is 3.54. The summed E-state index contributed by atoms with van der Waals surface area (Å²) in [5, 5.41) is 1.58. The fourth-order valence-corrected chi connectivity index (χ4v) is 1.04. The van der Waals surface area contributed by atoms with Crippen molar-refractivity contribution in [2.75, 3.05) is 0 Å². The summed E-state index contributed by atoms with van der Waals surface area (Å²) in [6.45, 7) is 0. The summed E-state index contributed by atoms with van der Waals surface area (Å²) >= 11 is 14.3. The monoisotopic (exact) mass is 243 g/mol. The average molecular weight is 245 g/mol. The highest BCUT2D eigenvalue weighted by atomic mass is 79.9. The molecule has 1 aliphatic rings. The minimum absolute atomic E-state index is 0.181. The summed E-state index contributed by atoms with van der Waals surface area (Å²) in [4.78, 5) is 3.70. The Morgan fingerprint density at radius 3 is 2.80 bits per heavy atom. The third-order valence-electron chi connectivity index (χ3n) is 0.924. The molecule has 3 N–H and O–H groups in total. The van der Waals surface area contributed by atoms with E-state index in [1.54, 1.807) is 0 Å². The fraction of sp³-hybridized carbons (Fsp3) is 0.250. The van der Waals surface area contributed by atoms with Crippen LogP contribution in [0.4, 0.5) is 0 Å². The number of nitrogens with one attached hydrogen (secondary N) is 1. The number of aliphatic imine (C=N–C) groups is 1. The Morgan fingerprint density at radius 1 is 1.80 bits per heavy atom. The average Bonchev–Trinajstić information content (AvgIpc) is 1.78. The van der Waals surface area contributed by atoms with Gasteiger partial charge in [0.2, 0.25) is 0 Å². The Morgan fingerprint density at radius 2 is 2.40 bits per heavy atom. The van der Waals surface area contributed by atoms with Crippen molar-refractivity contribution in [2.45, 2.75) is 5.12 Å². The predicted molar refractivity (Wildman–Crippen MR) is 46.2 cm³/mol. The largest absolute Gasteiger partial charge is 0.325 e. The summed E-state index contributed by atoms with van der Waals surface area (Å²) in [5.74, 6) is 0. The third-order valence-corrected chi connectivity index (χ3v) is 2.47. The molecule has 1 rings (SSSR count). The van der Waals surface area contributed by atoms with Crippen LogP contribution in [0.15, 0.2) is 15.7 Å². The third kappa shape index (κ3) is 1.63. The Kier molecular flexibility index (Phi) is 2.24. The lowest BCUT2D eigenvalue weighted by molar-refractivity contribution is 0.676. The van der Waals surface area contributed by atoms with Crippen molar-refractivity contribution in [2.24, 2.45) is 10.7 Å². The smallest absolute Gasteiger partial charge is 0.200 e. The van der Waals surface area contributed by atoms with Crippen molar-refractivity contribution in [3.05, 3.63) is 10.7 Å². The molecule has 0 amide bonds. The molecule has 0 spiro atoms. The topological polar surface area (TPSA) is 50.4 Å². The number of amidine groups is 1. The normalized spacial score (nSPS) is 32.4. The number of nitrogens with zero attached hydrogens (tertiary/aromatic N) is 1. The van der Waals surface area contributed by atoms with Crippen LogP contribution < -0.4 is 11.1 Å². The lowest BCUT2D eigenvalue weighted by atomic mass is 10.4. The first-order valence-corrected chi connectivity index (χ1v) is 3.93. The van der Waals surface area contributed by atoms with Gasteiger partial charge in [-0.15, -0.1) is 0 Å². The molecular weight excluding hydrogens is 241 g/mol. The number of rotatable bonds is 0. The summed E-state index contributed by atoms with van der Waals surface area (Å²) in [6, 6.07) is 0. The van der Waals surface area contributed by atoms with Gasteiger partial charge in [0.25, 0.3) is 0 Å². The molecular formula is C4H4BrCl2N3. The summed E-state index contributed by atoms with van der Waals surface area (Å²) in [6.07, 6.45) is 1.45. The highest BCUT2D eigenvalue weighted by molar-refractivity contribution is 9.11. The van der Waals surface area contributed by atoms with E-state index in [0.29, 0.717) is 4.48 Å². The first-order chi connectivity index (χ1) is 4.52. The van der Waals surface area contributed by atoms with E-state index in [1.165, 1.54) is 6.20 Å². The number of hydrogen-bond acceptors (Lipinski definition) is 3. The molecule has 0 saturated carbocycles. The SMILES string of the molecule is NC1(Cl)NC(Cl)=NC=C1Br. The van der Waals surface area contributed by atoms with E-state index >= 15 is 0 Å². The van der Waals surface area contributed by atoms with Gasteiger partial charge in [-0.3, -0.25) is 5.73 Å². The molecule has 10 heavy (non-hydrogen) atoms. The number of halogens is 3. The van der Waals surface area contributed by atoms with Gasteiger partial charge < -0.3 is 5.32 Å². The van der Waals surface area contributed by atoms with Gasteiger partial charge in [0.1, 0.15) is 0 Å². The van der Waals surface area contributed by atoms with E-state index in [-0.39, 0.29) is 5.29 Å². The molecule has 0 saturated heterocycles. The molecule has 0 aromatic heterocycles. The number of nitrogens with two attached hydrogens (primary N) is 1. The van der Waals surface area contributed by atoms with E-state index in [9.17, 15) is 0 Å². The standard InChI is InChI=1S/C4H4BrCl2N3/c5-2-1-9-3(6)10-4(2,7)8/h1H,8H2,(H,9,10). The molecule has 1 atom stereocenters. The van der Waals surface area contributed by atoms with E-state index in [0.717, 1.165) is 0 Å². The molecule has 1 aliphatic heterocycles. The maximum Gasteiger partial charge on any atom is 0.200 e. The summed E-state index contributed by atoms with van der Waals surface area (Å²) in [5.41, 5.74) is 5.49. The van der Waals surface area contributed by atoms with Gasteiger partial charge in [-0.05, 0) is 27.5 Å². The van der Waals surface area contributed by atoms with Gasteiger partial charge in [0, 0.05) is 6.20 Å². The van der Waals surface area contributed by atoms with Crippen LogP contribution in [0.1, 0.15) is 0 Å². The van der Waals surface area contributed by atoms with E-state index in [4.69, 9.17) is 28.9 Å². The second kappa shape index (κ2) is 2.70. The lowest BCUT2D eigenvalue weighted by Crippen LogP contribution is -2.51. The van der Waals surface area contributed by atoms with Crippen molar-refractivity contribution in [3.63, 3.8) is 0 Å². The van der Waals surface area contributed by atoms with Crippen LogP contribution in [-0.4, -0.2) is 10.4 Å². The summed E-state index contributed by atoms with van der Waals surface area (Å²) in [7, 11) is 0. The Balaban J connectivity index is 2.89. The second-order valence-electron chi connectivity index (χ2n) is 1.73. The first kappa shape index (κ1) is 8.33. The van der Waals surface area contributed by atoms with E-state index < -0.39 is 5.12 Å². The zero-order chi connectivity index (χ0) is 7.78. The van der Waals surface area contributed by atoms with E-state index in [2.05, 4.69) is 26.2 Å². The van der Waals surface area contributed by atoms with Crippen LogP contribution in [0, 0.1) is 0 Å². The molecule has 0 aromatic rings. The highest BCUT2D eigenvalue weighted by Gasteiger charge is 2.28. The Hall–Kier alpha value is 0.230. The van der Waals surface area contributed by atoms with Gasteiger partial charge in [-0.2, -0.15) is 0 Å². The lowest BCUT2D eigenvalue weighted by Gasteiger charge is -2.25. The van der Waals surface area contributed by atoms with Crippen molar-refractivity contribution >= 4 is 44.4 Å². The van der Waals surface area contributed by atoms with Crippen molar-refractivity contribution < 1.29 is 0 Å². The van der Waals surface area contributed by atoms with Gasteiger partial charge in [-0.25, -0.2) is 4.99 Å². The molecule has 0 fully saturated rings. The van der Waals surface area contributed by atoms with Crippen LogP contribution in [0.2, 0.25) is 0 Å². The fourth-order valence-electron chi connectivity index (χ4n) is 0.449. The van der Waals surface area contributed by atoms with Gasteiger partial charge in [-0.1, -0.05) is 11.6 Å². The molecule has 0 bridgehead atoms. The zero-order valence-corrected chi connectivity index (χ0v) is 7.83. The van der Waals surface area contributed by atoms with Crippen LogP contribution in [0.5, 0.6) is 0 Å². The van der Waals surface area contributed by atoms with Gasteiger partial charge in [0.05, 0.1) is 4.48 Å². The molecule has 0 aromatic carbocycles. The molecule has 56 valence electrons. The molecule has 3 nitrogen and oxygen atoms in total. The van der Waals surface area contributed by atoms with Gasteiger partial charge >= 0.3 is 0 Å². The Bertz CT molecular complexity index is 211.